The van der Waals surface area contributed by atoms with Crippen LogP contribution >= 0.6 is 0 Å². The van der Waals surface area contributed by atoms with Crippen LogP contribution < -0.4 is 5.73 Å². The predicted octanol–water partition coefficient (Wildman–Crippen LogP) is 1.78. The maximum Gasteiger partial charge on any atom is 0.325 e. The van der Waals surface area contributed by atoms with Crippen molar-refractivity contribution in [3.63, 3.8) is 0 Å². The maximum absolute atomic E-state index is 11.5. The van der Waals surface area contributed by atoms with Gasteiger partial charge in [-0.3, -0.25) is 4.79 Å². The maximum atomic E-state index is 11.5. The van der Waals surface area contributed by atoms with E-state index in [0.29, 0.717) is 18.4 Å². The highest BCUT2D eigenvalue weighted by molar-refractivity contribution is 5.79. The van der Waals surface area contributed by atoms with Crippen LogP contribution in [-0.4, -0.2) is 42.6 Å². The smallest absolute Gasteiger partial charge is 0.325 e. The highest BCUT2D eigenvalue weighted by Gasteiger charge is 2.31. The van der Waals surface area contributed by atoms with Gasteiger partial charge in [-0.25, -0.2) is 0 Å². The summed E-state index contributed by atoms with van der Waals surface area (Å²) in [5, 5.41) is 0. The van der Waals surface area contributed by atoms with Crippen molar-refractivity contribution in [2.45, 2.75) is 58.0 Å². The summed E-state index contributed by atoms with van der Waals surface area (Å²) in [6.45, 7) is 8.53. The van der Waals surface area contributed by atoms with E-state index in [9.17, 15) is 4.79 Å². The Hall–Kier alpha value is -0.610. The highest BCUT2D eigenvalue weighted by Crippen LogP contribution is 2.24. The third-order valence-corrected chi connectivity index (χ3v) is 3.98. The Morgan fingerprint density at radius 3 is 2.78 bits per heavy atom. The fraction of sp³-hybridized carbons (Fsp3) is 0.929. The van der Waals surface area contributed by atoms with Crippen LogP contribution in [-0.2, 0) is 9.53 Å². The second-order valence-corrected chi connectivity index (χ2v) is 6.00. The van der Waals surface area contributed by atoms with Gasteiger partial charge < -0.3 is 15.4 Å². The molecule has 4 heteroatoms. The van der Waals surface area contributed by atoms with Crippen molar-refractivity contribution >= 4 is 5.97 Å². The van der Waals surface area contributed by atoms with Crippen molar-refractivity contribution in [1.29, 1.82) is 0 Å². The summed E-state index contributed by atoms with van der Waals surface area (Å²) >= 11 is 0. The fourth-order valence-electron chi connectivity index (χ4n) is 2.87. The predicted molar refractivity (Wildman–Crippen MR) is 73.3 cm³/mol. The Bertz CT molecular complexity index is 277. The van der Waals surface area contributed by atoms with E-state index in [2.05, 4.69) is 18.7 Å². The normalized spacial score (nSPS) is 24.2. The Balaban J connectivity index is 2.35. The van der Waals surface area contributed by atoms with Crippen molar-refractivity contribution in [3.8, 4) is 0 Å². The average Bonchev–Trinajstić information content (AvgIpc) is 2.76. The van der Waals surface area contributed by atoms with Crippen LogP contribution in [0.1, 0.15) is 46.5 Å². The Kier molecular flexibility index (Phi) is 5.60. The van der Waals surface area contributed by atoms with Gasteiger partial charge >= 0.3 is 5.97 Å². The first-order valence-corrected chi connectivity index (χ1v) is 7.00. The molecule has 1 aliphatic heterocycles. The minimum absolute atomic E-state index is 0.315. The first-order chi connectivity index (χ1) is 8.38. The van der Waals surface area contributed by atoms with Crippen LogP contribution in [0.4, 0.5) is 0 Å². The quantitative estimate of drug-likeness (QED) is 0.736. The lowest BCUT2D eigenvalue weighted by atomic mass is 9.96. The number of hydrogen-bond acceptors (Lipinski definition) is 4. The van der Waals surface area contributed by atoms with Gasteiger partial charge in [0.05, 0.1) is 7.11 Å². The summed E-state index contributed by atoms with van der Waals surface area (Å²) in [4.78, 5) is 14.0. The van der Waals surface area contributed by atoms with E-state index in [0.717, 1.165) is 13.0 Å². The number of ether oxygens (including phenoxy) is 1. The SMILES string of the molecule is COC(=O)C(C)(N)CCCN1CCCC1C(C)C. The third-order valence-electron chi connectivity index (χ3n) is 3.98. The van der Waals surface area contributed by atoms with Crippen LogP contribution in [0.3, 0.4) is 0 Å². The molecule has 0 saturated carbocycles. The molecule has 1 aliphatic rings. The summed E-state index contributed by atoms with van der Waals surface area (Å²) in [5.74, 6) is 0.390. The molecule has 1 rings (SSSR count). The van der Waals surface area contributed by atoms with E-state index in [4.69, 9.17) is 10.5 Å². The van der Waals surface area contributed by atoms with E-state index < -0.39 is 5.54 Å². The molecule has 18 heavy (non-hydrogen) atoms. The number of rotatable bonds is 6. The minimum Gasteiger partial charge on any atom is -0.468 e. The molecule has 1 heterocycles. The van der Waals surface area contributed by atoms with E-state index in [1.54, 1.807) is 6.92 Å². The van der Waals surface area contributed by atoms with Gasteiger partial charge in [0, 0.05) is 6.04 Å². The molecular weight excluding hydrogens is 228 g/mol. The third kappa shape index (κ3) is 3.95. The van der Waals surface area contributed by atoms with Crippen LogP contribution in [0, 0.1) is 5.92 Å². The molecule has 0 amide bonds. The summed E-state index contributed by atoms with van der Waals surface area (Å²) in [6.07, 6.45) is 4.22. The molecule has 4 nitrogen and oxygen atoms in total. The molecule has 0 aliphatic carbocycles. The van der Waals surface area contributed by atoms with Crippen molar-refractivity contribution in [1.82, 2.24) is 4.90 Å². The molecule has 1 fully saturated rings. The van der Waals surface area contributed by atoms with Gasteiger partial charge in [-0.2, -0.15) is 0 Å². The number of esters is 1. The Labute approximate surface area is 111 Å². The summed E-state index contributed by atoms with van der Waals surface area (Å²) in [5.41, 5.74) is 5.11. The first kappa shape index (κ1) is 15.4. The monoisotopic (exact) mass is 256 g/mol. The number of carbonyl (C=O) groups is 1. The minimum atomic E-state index is -0.845. The summed E-state index contributed by atoms with van der Waals surface area (Å²) in [7, 11) is 1.39. The highest BCUT2D eigenvalue weighted by atomic mass is 16.5. The average molecular weight is 256 g/mol. The number of nitrogens with two attached hydrogens (primary N) is 1. The number of hydrogen-bond donors (Lipinski definition) is 1. The molecule has 2 atom stereocenters. The second kappa shape index (κ2) is 6.53. The standard InChI is InChI=1S/C14H28N2O2/c1-11(2)12-7-5-9-16(12)10-6-8-14(3,15)13(17)18-4/h11-12H,5-10,15H2,1-4H3. The molecule has 0 spiro atoms. The number of nitrogens with zero attached hydrogens (tertiary/aromatic N) is 1. The van der Waals surface area contributed by atoms with Crippen molar-refractivity contribution < 1.29 is 9.53 Å². The molecule has 2 unspecified atom stereocenters. The number of methoxy groups -OCH3 is 1. The van der Waals surface area contributed by atoms with E-state index in [-0.39, 0.29) is 5.97 Å². The van der Waals surface area contributed by atoms with Gasteiger partial charge in [-0.05, 0) is 51.6 Å². The molecule has 106 valence electrons. The van der Waals surface area contributed by atoms with Crippen LogP contribution in [0.25, 0.3) is 0 Å². The van der Waals surface area contributed by atoms with E-state index >= 15 is 0 Å². The van der Waals surface area contributed by atoms with E-state index in [1.165, 1.54) is 26.5 Å². The molecule has 0 aromatic heterocycles. The van der Waals surface area contributed by atoms with Crippen molar-refractivity contribution in [2.75, 3.05) is 20.2 Å². The molecule has 0 radical (unpaired) electrons. The number of carbonyl (C=O) groups excluding carboxylic acids is 1. The molecular formula is C14H28N2O2. The van der Waals surface area contributed by atoms with Crippen LogP contribution in [0.2, 0.25) is 0 Å². The van der Waals surface area contributed by atoms with Gasteiger partial charge in [-0.1, -0.05) is 13.8 Å². The largest absolute Gasteiger partial charge is 0.468 e. The van der Waals surface area contributed by atoms with Crippen molar-refractivity contribution in [2.24, 2.45) is 11.7 Å². The van der Waals surface area contributed by atoms with Crippen molar-refractivity contribution in [3.05, 3.63) is 0 Å². The Morgan fingerprint density at radius 1 is 1.56 bits per heavy atom. The first-order valence-electron chi connectivity index (χ1n) is 7.00. The fourth-order valence-corrected chi connectivity index (χ4v) is 2.87. The van der Waals surface area contributed by atoms with E-state index in [1.807, 2.05) is 0 Å². The van der Waals surface area contributed by atoms with Gasteiger partial charge in [0.1, 0.15) is 5.54 Å². The van der Waals surface area contributed by atoms with Crippen LogP contribution in [0.15, 0.2) is 0 Å². The van der Waals surface area contributed by atoms with Gasteiger partial charge in [0.25, 0.3) is 0 Å². The number of likely N-dealkylation sites (tertiary alicyclic amines) is 1. The molecule has 1 saturated heterocycles. The lowest BCUT2D eigenvalue weighted by Gasteiger charge is -2.29. The molecule has 0 bridgehead atoms. The van der Waals surface area contributed by atoms with Gasteiger partial charge in [-0.15, -0.1) is 0 Å². The summed E-state index contributed by atoms with van der Waals surface area (Å²) in [6, 6.07) is 0.701. The second-order valence-electron chi connectivity index (χ2n) is 6.00. The zero-order valence-corrected chi connectivity index (χ0v) is 12.2. The topological polar surface area (TPSA) is 55.6 Å². The molecule has 0 aromatic carbocycles. The van der Waals surface area contributed by atoms with Gasteiger partial charge in [0.2, 0.25) is 0 Å². The zero-order chi connectivity index (χ0) is 13.8. The lowest BCUT2D eigenvalue weighted by molar-refractivity contribution is -0.146. The van der Waals surface area contributed by atoms with Gasteiger partial charge in [0.15, 0.2) is 0 Å². The molecule has 0 aromatic rings. The summed E-state index contributed by atoms with van der Waals surface area (Å²) < 4.78 is 4.72. The lowest BCUT2D eigenvalue weighted by Crippen LogP contribution is -2.46. The Morgan fingerprint density at radius 2 is 2.22 bits per heavy atom. The van der Waals surface area contributed by atoms with Crippen LogP contribution in [0.5, 0.6) is 0 Å². The zero-order valence-electron chi connectivity index (χ0n) is 12.2. The molecule has 2 N–H and O–H groups in total.